The van der Waals surface area contributed by atoms with Crippen molar-refractivity contribution < 1.29 is 17.9 Å². The first-order chi connectivity index (χ1) is 11.7. The van der Waals surface area contributed by atoms with Crippen molar-refractivity contribution in [2.24, 2.45) is 11.8 Å². The maximum atomic E-state index is 13.4. The Balaban J connectivity index is 2.29. The van der Waals surface area contributed by atoms with Gasteiger partial charge in [-0.3, -0.25) is 0 Å². The zero-order valence-corrected chi connectivity index (χ0v) is 15.0. The fraction of sp³-hybridized carbons (Fsp3) is 0.444. The van der Waals surface area contributed by atoms with Crippen molar-refractivity contribution in [1.29, 1.82) is 0 Å². The van der Waals surface area contributed by atoms with Crippen LogP contribution in [-0.2, 0) is 6.18 Å². The fourth-order valence-electron chi connectivity index (χ4n) is 2.63. The average molecular weight is 373 g/mol. The number of nitrogens with zero attached hydrogens (tertiary/aromatic N) is 2. The van der Waals surface area contributed by atoms with Gasteiger partial charge in [-0.15, -0.1) is 0 Å². The van der Waals surface area contributed by atoms with E-state index in [2.05, 4.69) is 23.8 Å². The predicted octanol–water partition coefficient (Wildman–Crippen LogP) is 5.88. The summed E-state index contributed by atoms with van der Waals surface area (Å²) in [6, 6.07) is 5.32. The van der Waals surface area contributed by atoms with Crippen LogP contribution in [0.5, 0.6) is 5.75 Å². The molecule has 0 amide bonds. The van der Waals surface area contributed by atoms with Crippen molar-refractivity contribution in [3.63, 3.8) is 0 Å². The molecule has 3 nitrogen and oxygen atoms in total. The Morgan fingerprint density at radius 1 is 1.12 bits per heavy atom. The largest absolute Gasteiger partial charge is 0.493 e. The third-order valence-corrected chi connectivity index (χ3v) is 3.82. The number of alkyl halides is 3. The summed E-state index contributed by atoms with van der Waals surface area (Å²) in [4.78, 5) is 7.70. The topological polar surface area (TPSA) is 35.0 Å². The number of rotatable bonds is 6. The predicted molar refractivity (Wildman–Crippen MR) is 91.6 cm³/mol. The maximum absolute atomic E-state index is 13.4. The standard InChI is InChI=1S/C18H20ClF3N2O/c1-11(2)6-12(3)9-25-16-5-4-13(7-14(16)18(20,21)22)15-8-17(19)24-10-23-15/h4-5,7-8,10-12H,6,9H2,1-3H3/t12-/m0/s1. The van der Waals surface area contributed by atoms with Gasteiger partial charge in [0.05, 0.1) is 17.9 Å². The monoisotopic (exact) mass is 372 g/mol. The molecule has 1 heterocycles. The van der Waals surface area contributed by atoms with E-state index in [-0.39, 0.29) is 23.4 Å². The lowest BCUT2D eigenvalue weighted by Crippen LogP contribution is -2.14. The van der Waals surface area contributed by atoms with Crippen LogP contribution in [0.1, 0.15) is 32.8 Å². The molecule has 25 heavy (non-hydrogen) atoms. The molecule has 0 aliphatic rings. The first-order valence-corrected chi connectivity index (χ1v) is 8.36. The van der Waals surface area contributed by atoms with E-state index >= 15 is 0 Å². The summed E-state index contributed by atoms with van der Waals surface area (Å²) >= 11 is 5.78. The molecular weight excluding hydrogens is 353 g/mol. The van der Waals surface area contributed by atoms with Gasteiger partial charge in [-0.1, -0.05) is 32.4 Å². The molecule has 0 radical (unpaired) electrons. The maximum Gasteiger partial charge on any atom is 0.419 e. The molecule has 1 atom stereocenters. The summed E-state index contributed by atoms with van der Waals surface area (Å²) in [5, 5.41) is 0.168. The van der Waals surface area contributed by atoms with E-state index in [1.165, 1.54) is 24.5 Å². The Morgan fingerprint density at radius 2 is 1.84 bits per heavy atom. The number of benzene rings is 1. The van der Waals surface area contributed by atoms with Crippen LogP contribution >= 0.6 is 11.6 Å². The van der Waals surface area contributed by atoms with Gasteiger partial charge in [0, 0.05) is 11.6 Å². The lowest BCUT2D eigenvalue weighted by molar-refractivity contribution is -0.139. The van der Waals surface area contributed by atoms with Crippen LogP contribution in [0.3, 0.4) is 0 Å². The highest BCUT2D eigenvalue weighted by molar-refractivity contribution is 6.29. The van der Waals surface area contributed by atoms with Crippen molar-refractivity contribution in [1.82, 2.24) is 9.97 Å². The normalized spacial score (nSPS) is 13.1. The fourth-order valence-corrected chi connectivity index (χ4v) is 2.78. The lowest BCUT2D eigenvalue weighted by Gasteiger charge is -2.18. The van der Waals surface area contributed by atoms with Gasteiger partial charge in [0.15, 0.2) is 0 Å². The first kappa shape index (κ1) is 19.5. The number of ether oxygens (including phenoxy) is 1. The molecule has 1 aromatic heterocycles. The van der Waals surface area contributed by atoms with E-state index in [4.69, 9.17) is 16.3 Å². The van der Waals surface area contributed by atoms with Gasteiger partial charge in [-0.05, 0) is 36.5 Å². The quantitative estimate of drug-likeness (QED) is 0.594. The SMILES string of the molecule is CC(C)C[C@H](C)COc1ccc(-c2cc(Cl)ncn2)cc1C(F)(F)F. The Labute approximate surface area is 150 Å². The zero-order chi connectivity index (χ0) is 18.6. The molecule has 7 heteroatoms. The van der Waals surface area contributed by atoms with Crippen LogP contribution in [0.15, 0.2) is 30.6 Å². The second kappa shape index (κ2) is 8.04. The van der Waals surface area contributed by atoms with E-state index in [0.29, 0.717) is 17.2 Å². The van der Waals surface area contributed by atoms with Crippen LogP contribution in [-0.4, -0.2) is 16.6 Å². The van der Waals surface area contributed by atoms with Crippen LogP contribution in [0.4, 0.5) is 13.2 Å². The Kier molecular flexibility index (Phi) is 6.27. The van der Waals surface area contributed by atoms with E-state index < -0.39 is 11.7 Å². The lowest BCUT2D eigenvalue weighted by atomic mass is 10.00. The highest BCUT2D eigenvalue weighted by Gasteiger charge is 2.35. The van der Waals surface area contributed by atoms with Crippen molar-refractivity contribution in [2.75, 3.05) is 6.61 Å². The molecule has 0 N–H and O–H groups in total. The second-order valence-corrected chi connectivity index (χ2v) is 6.87. The van der Waals surface area contributed by atoms with Crippen LogP contribution < -0.4 is 4.74 Å². The smallest absolute Gasteiger partial charge is 0.419 e. The minimum atomic E-state index is -4.52. The highest BCUT2D eigenvalue weighted by Crippen LogP contribution is 2.39. The van der Waals surface area contributed by atoms with E-state index in [0.717, 1.165) is 12.5 Å². The van der Waals surface area contributed by atoms with Crippen molar-refractivity contribution >= 4 is 11.6 Å². The third kappa shape index (κ3) is 5.59. The van der Waals surface area contributed by atoms with Crippen LogP contribution in [0.25, 0.3) is 11.3 Å². The molecular formula is C18H20ClF3N2O. The van der Waals surface area contributed by atoms with Gasteiger partial charge in [-0.25, -0.2) is 9.97 Å². The van der Waals surface area contributed by atoms with Crippen LogP contribution in [0, 0.1) is 11.8 Å². The van der Waals surface area contributed by atoms with Crippen molar-refractivity contribution in [3.05, 3.63) is 41.3 Å². The van der Waals surface area contributed by atoms with Crippen LogP contribution in [0.2, 0.25) is 5.15 Å². The Hall–Kier alpha value is -1.82. The number of hydrogen-bond acceptors (Lipinski definition) is 3. The number of hydrogen-bond donors (Lipinski definition) is 0. The third-order valence-electron chi connectivity index (χ3n) is 3.61. The summed E-state index contributed by atoms with van der Waals surface area (Å²) in [6.45, 7) is 6.34. The molecule has 136 valence electrons. The molecule has 0 aliphatic carbocycles. The van der Waals surface area contributed by atoms with Crippen molar-refractivity contribution in [2.45, 2.75) is 33.4 Å². The summed E-state index contributed by atoms with van der Waals surface area (Å²) in [5.74, 6) is 0.457. The zero-order valence-electron chi connectivity index (χ0n) is 14.3. The summed E-state index contributed by atoms with van der Waals surface area (Å²) < 4.78 is 45.7. The molecule has 0 fully saturated rings. The van der Waals surface area contributed by atoms with Gasteiger partial charge in [-0.2, -0.15) is 13.2 Å². The molecule has 0 bridgehead atoms. The summed E-state index contributed by atoms with van der Waals surface area (Å²) in [6.07, 6.45) is -2.43. The minimum absolute atomic E-state index is 0.168. The highest BCUT2D eigenvalue weighted by atomic mass is 35.5. The second-order valence-electron chi connectivity index (χ2n) is 6.48. The van der Waals surface area contributed by atoms with Gasteiger partial charge in [0.1, 0.15) is 17.2 Å². The van der Waals surface area contributed by atoms with E-state index in [1.807, 2.05) is 6.92 Å². The molecule has 2 aromatic rings. The molecule has 0 spiro atoms. The Morgan fingerprint density at radius 3 is 2.44 bits per heavy atom. The van der Waals surface area contributed by atoms with Crippen molar-refractivity contribution in [3.8, 4) is 17.0 Å². The molecule has 2 rings (SSSR count). The summed E-state index contributed by atoms with van der Waals surface area (Å²) in [7, 11) is 0. The van der Waals surface area contributed by atoms with Gasteiger partial charge >= 0.3 is 6.18 Å². The van der Waals surface area contributed by atoms with E-state index in [1.54, 1.807) is 0 Å². The van der Waals surface area contributed by atoms with Gasteiger partial charge in [0.2, 0.25) is 0 Å². The van der Waals surface area contributed by atoms with E-state index in [9.17, 15) is 13.2 Å². The van der Waals surface area contributed by atoms with Gasteiger partial charge < -0.3 is 4.74 Å². The molecule has 0 saturated heterocycles. The summed E-state index contributed by atoms with van der Waals surface area (Å²) in [5.41, 5.74) is -0.194. The molecule has 0 saturated carbocycles. The number of halogens is 4. The first-order valence-electron chi connectivity index (χ1n) is 7.98. The molecule has 0 aliphatic heterocycles. The van der Waals surface area contributed by atoms with Gasteiger partial charge in [0.25, 0.3) is 0 Å². The molecule has 1 aromatic carbocycles. The minimum Gasteiger partial charge on any atom is -0.493 e. The molecule has 0 unspecified atom stereocenters. The average Bonchev–Trinajstić information content (AvgIpc) is 2.51. The number of aromatic nitrogens is 2. The Bertz CT molecular complexity index is 720.